The average molecular weight is 462 g/mol. The lowest BCUT2D eigenvalue weighted by Crippen LogP contribution is -2.40. The van der Waals surface area contributed by atoms with Gasteiger partial charge in [0, 0.05) is 0 Å². The SMILES string of the molecule is COC(=O)[C@@H]1OC(C)(C)O[C@H]1C(=O)C=P(c1ccccc1)(c1ccccc1)c1ccccc1. The molecule has 0 spiro atoms. The molecule has 1 aliphatic rings. The van der Waals surface area contributed by atoms with Crippen molar-refractivity contribution >= 4 is 40.3 Å². The van der Waals surface area contributed by atoms with E-state index in [-0.39, 0.29) is 5.78 Å². The Morgan fingerprint density at radius 3 is 1.55 bits per heavy atom. The topological polar surface area (TPSA) is 61.8 Å². The van der Waals surface area contributed by atoms with Crippen LogP contribution >= 0.6 is 6.89 Å². The van der Waals surface area contributed by atoms with Crippen LogP contribution in [0.25, 0.3) is 0 Å². The van der Waals surface area contributed by atoms with Crippen LogP contribution in [0.4, 0.5) is 0 Å². The number of carbonyl (C=O) groups is 2. The Hall–Kier alpha value is -2.98. The molecule has 0 amide bonds. The van der Waals surface area contributed by atoms with Crippen molar-refractivity contribution in [2.75, 3.05) is 7.11 Å². The van der Waals surface area contributed by atoms with Crippen LogP contribution in [0.3, 0.4) is 0 Å². The Balaban J connectivity index is 1.97. The Morgan fingerprint density at radius 2 is 1.15 bits per heavy atom. The summed E-state index contributed by atoms with van der Waals surface area (Å²) >= 11 is 0. The number of esters is 1. The van der Waals surface area contributed by atoms with Gasteiger partial charge in [0.15, 0.2) is 23.8 Å². The van der Waals surface area contributed by atoms with Crippen molar-refractivity contribution in [3.05, 3.63) is 91.0 Å². The molecule has 1 fully saturated rings. The van der Waals surface area contributed by atoms with Gasteiger partial charge in [-0.2, -0.15) is 0 Å². The first kappa shape index (κ1) is 23.2. The molecule has 6 heteroatoms. The van der Waals surface area contributed by atoms with E-state index in [2.05, 4.69) is 0 Å². The molecule has 0 bridgehead atoms. The highest BCUT2D eigenvalue weighted by Gasteiger charge is 2.49. The summed E-state index contributed by atoms with van der Waals surface area (Å²) in [5.74, 6) is -0.255. The zero-order valence-electron chi connectivity index (χ0n) is 18.9. The molecule has 0 unspecified atom stereocenters. The van der Waals surface area contributed by atoms with Crippen LogP contribution in [0.15, 0.2) is 91.0 Å². The summed E-state index contributed by atoms with van der Waals surface area (Å²) < 4.78 is 16.5. The molecular formula is C27H27O5P. The second-order valence-corrected chi connectivity index (χ2v) is 11.5. The van der Waals surface area contributed by atoms with Gasteiger partial charge < -0.3 is 14.2 Å². The Morgan fingerprint density at radius 1 is 0.758 bits per heavy atom. The predicted octanol–water partition coefficient (Wildman–Crippen LogP) is 3.04. The molecule has 1 aliphatic heterocycles. The molecule has 5 nitrogen and oxygen atoms in total. The zero-order chi connectivity index (χ0) is 23.5. The van der Waals surface area contributed by atoms with Crippen molar-refractivity contribution in [1.82, 2.24) is 0 Å². The predicted molar refractivity (Wildman–Crippen MR) is 132 cm³/mol. The first-order chi connectivity index (χ1) is 15.9. The highest BCUT2D eigenvalue weighted by atomic mass is 31.2. The third-order valence-electron chi connectivity index (χ3n) is 5.62. The molecule has 0 saturated carbocycles. The minimum atomic E-state index is -2.53. The lowest BCUT2D eigenvalue weighted by molar-refractivity contribution is -0.168. The van der Waals surface area contributed by atoms with Gasteiger partial charge in [0.1, 0.15) is 0 Å². The minimum absolute atomic E-state index is 0.305. The van der Waals surface area contributed by atoms with Crippen molar-refractivity contribution in [2.45, 2.75) is 31.8 Å². The second-order valence-electron chi connectivity index (χ2n) is 8.26. The molecule has 0 aromatic heterocycles. The van der Waals surface area contributed by atoms with Gasteiger partial charge in [0.25, 0.3) is 0 Å². The summed E-state index contributed by atoms with van der Waals surface area (Å²) in [6.07, 6.45) is -2.22. The summed E-state index contributed by atoms with van der Waals surface area (Å²) in [5, 5.41) is 3.09. The quantitative estimate of drug-likeness (QED) is 0.416. The average Bonchev–Trinajstić information content (AvgIpc) is 3.19. The van der Waals surface area contributed by atoms with E-state index < -0.39 is 30.9 Å². The summed E-state index contributed by atoms with van der Waals surface area (Å²) in [5.41, 5.74) is 0. The molecular weight excluding hydrogens is 435 g/mol. The number of Topliss-reactive ketones (excluding diaryl/α,β-unsaturated/α-hetero) is 1. The lowest BCUT2D eigenvalue weighted by Gasteiger charge is -2.29. The van der Waals surface area contributed by atoms with Crippen LogP contribution in [0, 0.1) is 0 Å². The number of ether oxygens (including phenoxy) is 3. The van der Waals surface area contributed by atoms with E-state index in [0.29, 0.717) is 0 Å². The Kier molecular flexibility index (Phi) is 6.66. The van der Waals surface area contributed by atoms with E-state index in [9.17, 15) is 9.59 Å². The van der Waals surface area contributed by atoms with Crippen LogP contribution in [-0.4, -0.2) is 42.7 Å². The highest BCUT2D eigenvalue weighted by Crippen LogP contribution is 2.44. The van der Waals surface area contributed by atoms with E-state index in [4.69, 9.17) is 14.2 Å². The van der Waals surface area contributed by atoms with Gasteiger partial charge in [0.2, 0.25) is 0 Å². The highest BCUT2D eigenvalue weighted by molar-refractivity contribution is 7.95. The lowest BCUT2D eigenvalue weighted by atomic mass is 10.1. The molecule has 1 saturated heterocycles. The fourth-order valence-corrected chi connectivity index (χ4v) is 7.98. The maximum absolute atomic E-state index is 13.9. The number of carbonyl (C=O) groups excluding carboxylic acids is 2. The number of benzene rings is 3. The van der Waals surface area contributed by atoms with Gasteiger partial charge in [-0.05, 0) is 42.4 Å². The van der Waals surface area contributed by atoms with Gasteiger partial charge in [0.05, 0.1) is 7.11 Å². The van der Waals surface area contributed by atoms with E-state index in [0.717, 1.165) is 15.9 Å². The van der Waals surface area contributed by atoms with Crippen molar-refractivity contribution in [3.63, 3.8) is 0 Å². The molecule has 3 aromatic carbocycles. The van der Waals surface area contributed by atoms with Gasteiger partial charge in [-0.25, -0.2) is 4.79 Å². The van der Waals surface area contributed by atoms with Gasteiger partial charge >= 0.3 is 5.97 Å². The maximum atomic E-state index is 13.9. The molecule has 0 N–H and O–H groups in total. The molecule has 170 valence electrons. The largest absolute Gasteiger partial charge is 0.467 e. The van der Waals surface area contributed by atoms with E-state index in [1.54, 1.807) is 19.6 Å². The van der Waals surface area contributed by atoms with Crippen LogP contribution in [0.1, 0.15) is 13.8 Å². The summed E-state index contributed by atoms with van der Waals surface area (Å²) in [7, 11) is 1.28. The first-order valence-electron chi connectivity index (χ1n) is 10.8. The fraction of sp³-hybridized carbons (Fsp3) is 0.222. The maximum Gasteiger partial charge on any atom is 0.338 e. The third-order valence-corrected chi connectivity index (χ3v) is 9.60. The van der Waals surface area contributed by atoms with Crippen molar-refractivity contribution < 1.29 is 23.8 Å². The van der Waals surface area contributed by atoms with Crippen molar-refractivity contribution in [3.8, 4) is 0 Å². The number of hydrogen-bond donors (Lipinski definition) is 0. The van der Waals surface area contributed by atoms with Crippen LogP contribution in [0.2, 0.25) is 0 Å². The molecule has 33 heavy (non-hydrogen) atoms. The Labute approximate surface area is 194 Å². The summed E-state index contributed by atoms with van der Waals surface area (Å²) in [4.78, 5) is 26.3. The smallest absolute Gasteiger partial charge is 0.338 e. The molecule has 0 radical (unpaired) electrons. The normalized spacial score (nSPS) is 19.6. The number of methoxy groups -OCH3 is 1. The van der Waals surface area contributed by atoms with E-state index >= 15 is 0 Å². The molecule has 3 aromatic rings. The molecule has 1 heterocycles. The molecule has 2 atom stereocenters. The molecule has 4 rings (SSSR count). The van der Waals surface area contributed by atoms with Crippen LogP contribution < -0.4 is 15.9 Å². The second kappa shape index (κ2) is 9.48. The zero-order valence-corrected chi connectivity index (χ0v) is 19.8. The van der Waals surface area contributed by atoms with Crippen molar-refractivity contribution in [2.24, 2.45) is 0 Å². The summed E-state index contributed by atoms with van der Waals surface area (Å²) in [6.45, 7) is 0.838. The first-order valence-corrected chi connectivity index (χ1v) is 12.6. The van der Waals surface area contributed by atoms with E-state index in [1.807, 2.05) is 91.0 Å². The van der Waals surface area contributed by atoms with Gasteiger partial charge in [-0.15, -0.1) is 0 Å². The van der Waals surface area contributed by atoms with Crippen molar-refractivity contribution in [1.29, 1.82) is 0 Å². The molecule has 0 aliphatic carbocycles. The third kappa shape index (κ3) is 4.58. The van der Waals surface area contributed by atoms with Crippen LogP contribution in [-0.2, 0) is 23.8 Å². The summed E-state index contributed by atoms with van der Waals surface area (Å²) in [6, 6.07) is 30.0. The number of hydrogen-bond acceptors (Lipinski definition) is 5. The monoisotopic (exact) mass is 462 g/mol. The van der Waals surface area contributed by atoms with Crippen LogP contribution in [0.5, 0.6) is 0 Å². The minimum Gasteiger partial charge on any atom is -0.467 e. The van der Waals surface area contributed by atoms with Gasteiger partial charge in [-0.1, -0.05) is 91.0 Å². The fourth-order valence-electron chi connectivity index (χ4n) is 4.18. The van der Waals surface area contributed by atoms with Gasteiger partial charge in [-0.3, -0.25) is 4.79 Å². The number of rotatable bonds is 6. The standard InChI is InChI=1S/C27H27O5P/c1-27(2)31-24(25(32-27)26(29)30-3)23(28)19-33(20-13-7-4-8-14-20,21-15-9-5-10-16-21)22-17-11-6-12-18-22/h4-19,24-25H,1-3H3/t24-,25+/m0/s1. The van der Waals surface area contributed by atoms with E-state index in [1.165, 1.54) is 7.11 Å². The number of ketones is 1. The Bertz CT molecular complexity index is 1070.